The van der Waals surface area contributed by atoms with Gasteiger partial charge >= 0.3 is 0 Å². The van der Waals surface area contributed by atoms with E-state index in [2.05, 4.69) is 5.32 Å². The number of methoxy groups -OCH3 is 1. The van der Waals surface area contributed by atoms with Crippen LogP contribution in [0.1, 0.15) is 30.6 Å². The zero-order valence-electron chi connectivity index (χ0n) is 15.1. The number of carbonyl (C=O) groups is 1. The number of hydrogen-bond acceptors (Lipinski definition) is 3. The van der Waals surface area contributed by atoms with Crippen molar-refractivity contribution in [2.24, 2.45) is 0 Å². The highest BCUT2D eigenvalue weighted by Gasteiger charge is 2.05. The van der Waals surface area contributed by atoms with E-state index in [0.717, 1.165) is 5.56 Å². The van der Waals surface area contributed by atoms with E-state index in [1.165, 1.54) is 25.3 Å². The molecule has 0 aliphatic heterocycles. The minimum atomic E-state index is -0.459. The largest absolute Gasteiger partial charge is 0.494 e. The van der Waals surface area contributed by atoms with Gasteiger partial charge in [0.25, 0.3) is 0 Å². The van der Waals surface area contributed by atoms with Crippen LogP contribution in [0.15, 0.2) is 54.6 Å². The summed E-state index contributed by atoms with van der Waals surface area (Å²) in [6.45, 7) is 3.08. The molecule has 0 radical (unpaired) electrons. The lowest BCUT2D eigenvalue weighted by Gasteiger charge is -2.13. The lowest BCUT2D eigenvalue weighted by molar-refractivity contribution is -0.116. The number of halogens is 1. The number of rotatable bonds is 9. The second-order valence-electron chi connectivity index (χ2n) is 5.80. The number of carbonyl (C=O) groups excluding carboxylic acids is 1. The first-order chi connectivity index (χ1) is 12.6. The van der Waals surface area contributed by atoms with Gasteiger partial charge in [0, 0.05) is 19.2 Å². The predicted octanol–water partition coefficient (Wildman–Crippen LogP) is 4.13. The van der Waals surface area contributed by atoms with Gasteiger partial charge < -0.3 is 14.8 Å². The van der Waals surface area contributed by atoms with E-state index in [1.807, 2.05) is 37.3 Å². The first kappa shape index (κ1) is 19.7. The molecule has 0 aliphatic rings. The molecule has 1 N–H and O–H groups in total. The van der Waals surface area contributed by atoms with Gasteiger partial charge in [-0.2, -0.15) is 0 Å². The van der Waals surface area contributed by atoms with Crippen molar-refractivity contribution < 1.29 is 18.7 Å². The Balaban J connectivity index is 1.66. The van der Waals surface area contributed by atoms with Gasteiger partial charge in [-0.3, -0.25) is 4.79 Å². The van der Waals surface area contributed by atoms with Gasteiger partial charge in [0.1, 0.15) is 0 Å². The normalized spacial score (nSPS) is 12.1. The summed E-state index contributed by atoms with van der Waals surface area (Å²) >= 11 is 0. The van der Waals surface area contributed by atoms with E-state index >= 15 is 0 Å². The van der Waals surface area contributed by atoms with Crippen molar-refractivity contribution in [3.8, 4) is 5.75 Å². The third-order valence-corrected chi connectivity index (χ3v) is 3.86. The van der Waals surface area contributed by atoms with Crippen molar-refractivity contribution in [2.45, 2.75) is 19.4 Å². The van der Waals surface area contributed by atoms with Crippen molar-refractivity contribution >= 4 is 12.0 Å². The number of benzene rings is 2. The Morgan fingerprint density at radius 1 is 1.23 bits per heavy atom. The van der Waals surface area contributed by atoms with E-state index in [9.17, 15) is 9.18 Å². The molecule has 0 heterocycles. The Bertz CT molecular complexity index is 731. The van der Waals surface area contributed by atoms with Crippen LogP contribution in [0.5, 0.6) is 5.75 Å². The highest BCUT2D eigenvalue weighted by Crippen LogP contribution is 2.18. The lowest BCUT2D eigenvalue weighted by atomic mass is 10.1. The summed E-state index contributed by atoms with van der Waals surface area (Å²) in [6.07, 6.45) is 3.69. The van der Waals surface area contributed by atoms with Gasteiger partial charge in [-0.15, -0.1) is 0 Å². The quantitative estimate of drug-likeness (QED) is 0.542. The number of hydrogen-bond donors (Lipinski definition) is 1. The first-order valence-electron chi connectivity index (χ1n) is 8.56. The van der Waals surface area contributed by atoms with Crippen molar-refractivity contribution in [1.29, 1.82) is 0 Å². The minimum Gasteiger partial charge on any atom is -0.494 e. The van der Waals surface area contributed by atoms with E-state index in [-0.39, 0.29) is 17.8 Å². The summed E-state index contributed by atoms with van der Waals surface area (Å²) in [5.41, 5.74) is 1.73. The number of ether oxygens (including phenoxy) is 2. The number of amides is 1. The molecule has 2 aromatic carbocycles. The van der Waals surface area contributed by atoms with Gasteiger partial charge in [-0.1, -0.05) is 36.4 Å². The summed E-state index contributed by atoms with van der Waals surface area (Å²) in [5.74, 6) is -0.506. The van der Waals surface area contributed by atoms with Crippen LogP contribution in [0.2, 0.25) is 0 Å². The Morgan fingerprint density at radius 3 is 2.69 bits per heavy atom. The van der Waals surface area contributed by atoms with Crippen LogP contribution in [0.4, 0.5) is 4.39 Å². The third-order valence-electron chi connectivity index (χ3n) is 3.86. The Hall–Kier alpha value is -2.66. The smallest absolute Gasteiger partial charge is 0.244 e. The van der Waals surface area contributed by atoms with Gasteiger partial charge in [-0.25, -0.2) is 4.39 Å². The molecule has 138 valence electrons. The Morgan fingerprint density at radius 2 is 2.00 bits per heavy atom. The fourth-order valence-electron chi connectivity index (χ4n) is 2.38. The molecule has 4 nitrogen and oxygen atoms in total. The van der Waals surface area contributed by atoms with Gasteiger partial charge in [0.05, 0.1) is 13.2 Å². The van der Waals surface area contributed by atoms with Crippen molar-refractivity contribution in [3.63, 3.8) is 0 Å². The van der Waals surface area contributed by atoms with Crippen LogP contribution in [-0.2, 0) is 9.53 Å². The van der Waals surface area contributed by atoms with E-state index in [1.54, 1.807) is 12.1 Å². The average molecular weight is 357 g/mol. The summed E-state index contributed by atoms with van der Waals surface area (Å²) in [7, 11) is 1.41. The molecule has 0 aromatic heterocycles. The van der Waals surface area contributed by atoms with Gasteiger partial charge in [0.15, 0.2) is 11.6 Å². The molecule has 0 saturated carbocycles. The van der Waals surface area contributed by atoms with Crippen LogP contribution in [0.3, 0.4) is 0 Å². The summed E-state index contributed by atoms with van der Waals surface area (Å²) in [6, 6.07) is 14.5. The van der Waals surface area contributed by atoms with Crippen LogP contribution in [-0.4, -0.2) is 26.2 Å². The fourth-order valence-corrected chi connectivity index (χ4v) is 2.38. The van der Waals surface area contributed by atoms with Gasteiger partial charge in [0.2, 0.25) is 5.91 Å². The molecule has 1 amide bonds. The molecule has 2 rings (SSSR count). The predicted molar refractivity (Wildman–Crippen MR) is 100 cm³/mol. The maximum absolute atomic E-state index is 13.6. The Labute approximate surface area is 153 Å². The van der Waals surface area contributed by atoms with Crippen LogP contribution in [0, 0.1) is 5.82 Å². The topological polar surface area (TPSA) is 47.6 Å². The molecule has 0 saturated heterocycles. The molecule has 0 spiro atoms. The van der Waals surface area contributed by atoms with Crippen LogP contribution in [0.25, 0.3) is 6.08 Å². The molecule has 0 bridgehead atoms. The highest BCUT2D eigenvalue weighted by atomic mass is 19.1. The summed E-state index contributed by atoms with van der Waals surface area (Å²) < 4.78 is 24.2. The molecule has 0 aliphatic carbocycles. The monoisotopic (exact) mass is 357 g/mol. The second-order valence-corrected chi connectivity index (χ2v) is 5.80. The molecule has 1 unspecified atom stereocenters. The Kier molecular flexibility index (Phi) is 7.83. The van der Waals surface area contributed by atoms with Crippen LogP contribution >= 0.6 is 0 Å². The fraction of sp³-hybridized carbons (Fsp3) is 0.286. The molecule has 1 atom stereocenters. The van der Waals surface area contributed by atoms with Crippen molar-refractivity contribution in [1.82, 2.24) is 5.32 Å². The van der Waals surface area contributed by atoms with Crippen molar-refractivity contribution in [2.75, 3.05) is 20.3 Å². The standard InChI is InChI=1S/C21H24FNO3/c1-16(18-7-4-3-5-8-18)26-14-6-13-23-21(24)12-10-17-9-11-20(25-2)19(22)15-17/h3-5,7-12,15-16H,6,13-14H2,1-2H3,(H,23,24)/b12-10+. The SMILES string of the molecule is COc1ccc(/C=C/C(=O)NCCCOC(C)c2ccccc2)cc1F. The molecule has 2 aromatic rings. The molecular weight excluding hydrogens is 333 g/mol. The summed E-state index contributed by atoms with van der Waals surface area (Å²) in [5, 5.41) is 2.78. The van der Waals surface area contributed by atoms with Gasteiger partial charge in [-0.05, 0) is 42.7 Å². The highest BCUT2D eigenvalue weighted by molar-refractivity contribution is 5.91. The minimum absolute atomic E-state index is 0.0248. The maximum atomic E-state index is 13.6. The second kappa shape index (κ2) is 10.4. The molecule has 5 heteroatoms. The summed E-state index contributed by atoms with van der Waals surface area (Å²) in [4.78, 5) is 11.8. The first-order valence-corrected chi connectivity index (χ1v) is 8.56. The number of nitrogens with one attached hydrogen (secondary N) is 1. The van der Waals surface area contributed by atoms with Crippen molar-refractivity contribution in [3.05, 3.63) is 71.6 Å². The maximum Gasteiger partial charge on any atom is 0.244 e. The zero-order chi connectivity index (χ0) is 18.8. The van der Waals surface area contributed by atoms with E-state index < -0.39 is 5.82 Å². The van der Waals surface area contributed by atoms with E-state index in [0.29, 0.717) is 25.1 Å². The van der Waals surface area contributed by atoms with E-state index in [4.69, 9.17) is 9.47 Å². The molecular formula is C21H24FNO3. The lowest BCUT2D eigenvalue weighted by Crippen LogP contribution is -2.23. The molecule has 26 heavy (non-hydrogen) atoms. The zero-order valence-corrected chi connectivity index (χ0v) is 15.1. The van der Waals surface area contributed by atoms with Crippen LogP contribution < -0.4 is 10.1 Å². The molecule has 0 fully saturated rings. The average Bonchev–Trinajstić information content (AvgIpc) is 2.66. The third kappa shape index (κ3) is 6.33.